The van der Waals surface area contributed by atoms with Gasteiger partial charge in [0.05, 0.1) is 11.4 Å². The Morgan fingerprint density at radius 1 is 0.186 bits per heavy atom. The average molecular weight is 1300 g/mol. The van der Waals surface area contributed by atoms with Gasteiger partial charge in [0.1, 0.15) is 0 Å². The molecule has 2 aliphatic carbocycles. The minimum Gasteiger partial charge on any atom is -0.310 e. The van der Waals surface area contributed by atoms with Crippen LogP contribution < -0.4 is 9.80 Å². The van der Waals surface area contributed by atoms with E-state index in [1.807, 2.05) is 0 Å². The third-order valence-electron chi connectivity index (χ3n) is 22.3. The Hall–Kier alpha value is -12.6. The Balaban J connectivity index is 0.674. The molecule has 2 nitrogen and oxygen atoms in total. The Morgan fingerprint density at radius 3 is 1.02 bits per heavy atom. The number of rotatable bonds is 12. The van der Waals surface area contributed by atoms with E-state index in [9.17, 15) is 0 Å². The summed E-state index contributed by atoms with van der Waals surface area (Å²) >= 11 is 0. The maximum Gasteiger partial charge on any atom is 0.0543 e. The zero-order valence-corrected chi connectivity index (χ0v) is 57.5. The van der Waals surface area contributed by atoms with Crippen LogP contribution >= 0.6 is 0 Å². The fraction of sp³-hybridized carbons (Fsp3) is 0.0600. The van der Waals surface area contributed by atoms with Crippen LogP contribution in [0, 0.1) is 0 Å². The molecule has 0 saturated heterocycles. The minimum atomic E-state index is -0.156. The third-order valence-corrected chi connectivity index (χ3v) is 22.3. The summed E-state index contributed by atoms with van der Waals surface area (Å²) in [7, 11) is 0. The zero-order valence-electron chi connectivity index (χ0n) is 57.5. The summed E-state index contributed by atoms with van der Waals surface area (Å²) in [6.07, 6.45) is 0. The lowest BCUT2D eigenvalue weighted by Crippen LogP contribution is -2.16. The first-order chi connectivity index (χ1) is 50.1. The molecule has 0 bridgehead atoms. The molecule has 0 spiro atoms. The van der Waals surface area contributed by atoms with Crippen LogP contribution in [-0.2, 0) is 10.8 Å². The molecular weight excluding hydrogens is 1230 g/mol. The SMILES string of the molecule is CC1(C)c2ccccc2-c2c(N(c3ccc(-c4ccc(-c5ccc6ccccc6c5)cc4)cc3)c3ccc(-c4cc(-c5cccc6c(-c7ccc(N(c8ccc(-c9cccc%10ccccc9%10)cc8)c8cccc9c8-c8ccccc8C9(C)C)cc7)cccc56)cc5ccccc45)cc3)cccc21. The lowest BCUT2D eigenvalue weighted by Gasteiger charge is -2.29. The van der Waals surface area contributed by atoms with E-state index in [2.05, 4.69) is 401 Å². The summed E-state index contributed by atoms with van der Waals surface area (Å²) in [6.45, 7) is 9.47. The van der Waals surface area contributed by atoms with Gasteiger partial charge >= 0.3 is 0 Å². The molecule has 0 N–H and O–H groups in total. The monoisotopic (exact) mass is 1300 g/mol. The van der Waals surface area contributed by atoms with Crippen molar-refractivity contribution < 1.29 is 0 Å². The van der Waals surface area contributed by atoms with Crippen molar-refractivity contribution in [3.8, 4) is 89.0 Å². The van der Waals surface area contributed by atoms with E-state index < -0.39 is 0 Å². The molecule has 102 heavy (non-hydrogen) atoms. The lowest BCUT2D eigenvalue weighted by molar-refractivity contribution is 0.660. The molecule has 17 aromatic carbocycles. The summed E-state index contributed by atoms with van der Waals surface area (Å²) in [5, 5.41) is 9.85. The van der Waals surface area contributed by atoms with Crippen LogP contribution in [0.3, 0.4) is 0 Å². The Morgan fingerprint density at radius 2 is 0.500 bits per heavy atom. The Labute approximate surface area is 597 Å². The highest BCUT2D eigenvalue weighted by Crippen LogP contribution is 2.57. The minimum absolute atomic E-state index is 0.146. The first kappa shape index (κ1) is 60.5. The molecule has 0 fully saturated rings. The van der Waals surface area contributed by atoms with Crippen molar-refractivity contribution in [2.75, 3.05) is 9.80 Å². The highest BCUT2D eigenvalue weighted by molar-refractivity contribution is 6.09. The molecule has 17 aromatic rings. The summed E-state index contributed by atoms with van der Waals surface area (Å²) in [6, 6.07) is 136. The molecular formula is C100H72N2. The molecule has 0 radical (unpaired) electrons. The van der Waals surface area contributed by atoms with Gasteiger partial charge in [-0.3, -0.25) is 0 Å². The van der Waals surface area contributed by atoms with E-state index in [0.29, 0.717) is 0 Å². The van der Waals surface area contributed by atoms with Gasteiger partial charge in [0.2, 0.25) is 0 Å². The molecule has 0 amide bonds. The highest BCUT2D eigenvalue weighted by atomic mass is 15.2. The number of anilines is 6. The molecule has 19 rings (SSSR count). The zero-order chi connectivity index (χ0) is 68.2. The standard InChI is InChI=1S/C100H72N2/c1-99(2)91-34-13-11-27-88(91)97-93(99)36-18-38-95(97)101(77-54-46-67(47-55-77)66-40-42-68(43-41-66)74-45-44-65-20-5-6-22-73(65)62-74)80-60-52-72(53-61-80)90-64-76(63-75-23-8-10-26-84(75)90)85-31-17-32-86-83(30-16-33-87(85)86)71-50-58-79(59-51-71)102(96-39-19-37-94-98(96)89-28-12-14-35-92(89)100(94,3)4)78-56-48-70(49-57-78)82-29-15-24-69-21-7-9-25-81(69)82/h5-64H,1-4H3. The van der Waals surface area contributed by atoms with Gasteiger partial charge in [0, 0.05) is 44.7 Å². The number of hydrogen-bond acceptors (Lipinski definition) is 2. The van der Waals surface area contributed by atoms with Crippen molar-refractivity contribution >= 4 is 77.2 Å². The van der Waals surface area contributed by atoms with Gasteiger partial charge in [-0.1, -0.05) is 313 Å². The fourth-order valence-corrected chi connectivity index (χ4v) is 17.1. The van der Waals surface area contributed by atoms with Gasteiger partial charge < -0.3 is 9.80 Å². The van der Waals surface area contributed by atoms with Crippen LogP contribution in [0.4, 0.5) is 34.1 Å². The number of hydrogen-bond donors (Lipinski definition) is 0. The summed E-state index contributed by atoms with van der Waals surface area (Å²) in [5.74, 6) is 0. The largest absolute Gasteiger partial charge is 0.310 e. The van der Waals surface area contributed by atoms with Crippen LogP contribution in [0.5, 0.6) is 0 Å². The molecule has 0 aromatic heterocycles. The molecule has 0 aliphatic heterocycles. The quantitative estimate of drug-likeness (QED) is 0.120. The number of benzene rings is 17. The third kappa shape index (κ3) is 10.00. The van der Waals surface area contributed by atoms with Crippen LogP contribution in [0.25, 0.3) is 132 Å². The first-order valence-corrected chi connectivity index (χ1v) is 35.7. The molecule has 482 valence electrons. The Kier molecular flexibility index (Phi) is 14.3. The number of nitrogens with zero attached hydrogens (tertiary/aromatic N) is 2. The lowest BCUT2D eigenvalue weighted by atomic mass is 9.82. The van der Waals surface area contributed by atoms with E-state index in [4.69, 9.17) is 0 Å². The fourth-order valence-electron chi connectivity index (χ4n) is 17.1. The van der Waals surface area contributed by atoms with Gasteiger partial charge in [0.15, 0.2) is 0 Å². The predicted octanol–water partition coefficient (Wildman–Crippen LogP) is 27.9. The van der Waals surface area contributed by atoms with Crippen molar-refractivity contribution in [1.29, 1.82) is 0 Å². The first-order valence-electron chi connectivity index (χ1n) is 35.7. The predicted molar refractivity (Wildman–Crippen MR) is 434 cm³/mol. The average Bonchev–Trinajstić information content (AvgIpc) is 1.48. The van der Waals surface area contributed by atoms with Crippen LogP contribution in [-0.4, -0.2) is 0 Å². The Bertz CT molecular complexity index is 6150. The van der Waals surface area contributed by atoms with Crippen molar-refractivity contribution in [2.24, 2.45) is 0 Å². The molecule has 2 heteroatoms. The molecule has 0 atom stereocenters. The second kappa shape index (κ2) is 24.1. The van der Waals surface area contributed by atoms with Crippen LogP contribution in [0.15, 0.2) is 364 Å². The summed E-state index contributed by atoms with van der Waals surface area (Å²) < 4.78 is 0. The van der Waals surface area contributed by atoms with Crippen LogP contribution in [0.2, 0.25) is 0 Å². The van der Waals surface area contributed by atoms with Gasteiger partial charge in [-0.25, -0.2) is 0 Å². The van der Waals surface area contributed by atoms with Gasteiger partial charge in [-0.15, -0.1) is 0 Å². The number of fused-ring (bicyclic) bond motifs is 10. The van der Waals surface area contributed by atoms with Crippen molar-refractivity contribution in [1.82, 2.24) is 0 Å². The second-order valence-electron chi connectivity index (χ2n) is 28.7. The second-order valence-corrected chi connectivity index (χ2v) is 28.7. The van der Waals surface area contributed by atoms with E-state index in [1.54, 1.807) is 0 Å². The van der Waals surface area contributed by atoms with E-state index >= 15 is 0 Å². The highest BCUT2D eigenvalue weighted by Gasteiger charge is 2.39. The van der Waals surface area contributed by atoms with E-state index in [-0.39, 0.29) is 10.8 Å². The normalized spacial score (nSPS) is 13.1. The van der Waals surface area contributed by atoms with Crippen molar-refractivity contribution in [3.05, 3.63) is 386 Å². The maximum atomic E-state index is 2.47. The molecule has 0 saturated carbocycles. The van der Waals surface area contributed by atoms with E-state index in [0.717, 1.165) is 39.6 Å². The summed E-state index contributed by atoms with van der Waals surface area (Å²) in [5.41, 5.74) is 31.3. The topological polar surface area (TPSA) is 6.48 Å². The van der Waals surface area contributed by atoms with Crippen molar-refractivity contribution in [2.45, 2.75) is 38.5 Å². The molecule has 0 heterocycles. The van der Waals surface area contributed by atoms with Crippen LogP contribution in [0.1, 0.15) is 49.9 Å². The maximum absolute atomic E-state index is 2.47. The van der Waals surface area contributed by atoms with Crippen molar-refractivity contribution in [3.63, 3.8) is 0 Å². The molecule has 2 aliphatic rings. The molecule has 0 unspecified atom stereocenters. The van der Waals surface area contributed by atoms with Gasteiger partial charge in [-0.2, -0.15) is 0 Å². The summed E-state index contributed by atoms with van der Waals surface area (Å²) in [4.78, 5) is 4.94. The smallest absolute Gasteiger partial charge is 0.0543 e. The van der Waals surface area contributed by atoms with Gasteiger partial charge in [-0.05, 0) is 222 Å². The van der Waals surface area contributed by atoms with Gasteiger partial charge in [0.25, 0.3) is 0 Å². The van der Waals surface area contributed by atoms with E-state index in [1.165, 1.54) is 149 Å².